The molecule has 1 heterocycles. The topological polar surface area (TPSA) is 112 Å². The Morgan fingerprint density at radius 2 is 1.96 bits per heavy atom. The maximum atomic E-state index is 12.4. The second-order valence-electron chi connectivity index (χ2n) is 5.41. The molecule has 2 rings (SSSR count). The highest BCUT2D eigenvalue weighted by Gasteiger charge is 2.33. The predicted octanol–water partition coefficient (Wildman–Crippen LogP) is 1.35. The second kappa shape index (κ2) is 8.44. The number of carbonyl (C=O) groups excluding carboxylic acids is 2. The minimum Gasteiger partial charge on any atom is -0.452 e. The van der Waals surface area contributed by atoms with Crippen LogP contribution in [-0.2, 0) is 29.8 Å². The number of ether oxygens (including phenoxy) is 1. The molecule has 10 heteroatoms. The number of esters is 1. The van der Waals surface area contributed by atoms with Crippen LogP contribution in [0.2, 0.25) is 0 Å². The lowest BCUT2D eigenvalue weighted by Gasteiger charge is -2.23. The number of phosphoric ester groups is 1. The lowest BCUT2D eigenvalue weighted by Crippen LogP contribution is -2.27. The van der Waals surface area contributed by atoms with Crippen molar-refractivity contribution in [3.8, 4) is 5.75 Å². The van der Waals surface area contributed by atoms with Gasteiger partial charge in [-0.25, -0.2) is 9.36 Å². The molecule has 1 aromatic rings. The molecule has 0 aliphatic carbocycles. The van der Waals surface area contributed by atoms with E-state index in [1.54, 1.807) is 0 Å². The van der Waals surface area contributed by atoms with Crippen LogP contribution >= 0.6 is 7.82 Å². The first kappa shape index (κ1) is 19.4. The standard InChI is InChI=1S/C15H20NO8P/c1-16(2)14(18)10-21-15(19)12-8-11(9-17)4-5-13(12)24-25(20)22-6-3-7-23-25/h4-5,8,17H,3,6-7,9-10H2,1-2H3. The molecule has 1 aliphatic rings. The average molecular weight is 373 g/mol. The van der Waals surface area contributed by atoms with Crippen molar-refractivity contribution in [3.05, 3.63) is 29.3 Å². The summed E-state index contributed by atoms with van der Waals surface area (Å²) in [7, 11) is -0.768. The molecule has 0 unspecified atom stereocenters. The van der Waals surface area contributed by atoms with Crippen LogP contribution < -0.4 is 4.52 Å². The van der Waals surface area contributed by atoms with Crippen molar-refractivity contribution >= 4 is 19.7 Å². The number of amides is 1. The van der Waals surface area contributed by atoms with Crippen LogP contribution in [0.4, 0.5) is 0 Å². The Hall–Kier alpha value is -1.93. The van der Waals surface area contributed by atoms with Crippen LogP contribution in [0, 0.1) is 0 Å². The quantitative estimate of drug-likeness (QED) is 0.587. The first-order valence-electron chi connectivity index (χ1n) is 7.54. The molecule has 1 amide bonds. The Balaban J connectivity index is 2.20. The number of carbonyl (C=O) groups is 2. The van der Waals surface area contributed by atoms with E-state index in [0.29, 0.717) is 12.0 Å². The summed E-state index contributed by atoms with van der Waals surface area (Å²) in [6, 6.07) is 4.18. The highest BCUT2D eigenvalue weighted by atomic mass is 31.2. The normalized spacial score (nSPS) is 16.1. The molecule has 1 saturated heterocycles. The molecule has 1 fully saturated rings. The monoisotopic (exact) mass is 373 g/mol. The summed E-state index contributed by atoms with van der Waals surface area (Å²) in [5, 5.41) is 9.24. The molecule has 0 aromatic heterocycles. The molecule has 0 saturated carbocycles. The zero-order valence-corrected chi connectivity index (χ0v) is 14.9. The van der Waals surface area contributed by atoms with Gasteiger partial charge in [0.25, 0.3) is 5.91 Å². The average Bonchev–Trinajstić information content (AvgIpc) is 2.59. The molecule has 0 bridgehead atoms. The molecular weight excluding hydrogens is 353 g/mol. The summed E-state index contributed by atoms with van der Waals surface area (Å²) in [5.41, 5.74) is 0.327. The SMILES string of the molecule is CN(C)C(=O)COC(=O)c1cc(CO)ccc1OP1(=O)OCCCO1. The summed E-state index contributed by atoms with van der Waals surface area (Å²) >= 11 is 0. The van der Waals surface area contributed by atoms with Gasteiger partial charge >= 0.3 is 13.8 Å². The first-order valence-corrected chi connectivity index (χ1v) is 9.00. The third kappa shape index (κ3) is 5.27. The lowest BCUT2D eigenvalue weighted by molar-refractivity contribution is -0.131. The maximum Gasteiger partial charge on any atom is 0.530 e. The lowest BCUT2D eigenvalue weighted by atomic mass is 10.1. The molecule has 9 nitrogen and oxygen atoms in total. The molecule has 1 N–H and O–H groups in total. The fraction of sp³-hybridized carbons (Fsp3) is 0.467. The molecule has 1 aliphatic heterocycles. The predicted molar refractivity (Wildman–Crippen MR) is 86.1 cm³/mol. The van der Waals surface area contributed by atoms with Crippen LogP contribution in [0.1, 0.15) is 22.3 Å². The molecule has 0 atom stereocenters. The van der Waals surface area contributed by atoms with Crippen LogP contribution in [0.3, 0.4) is 0 Å². The molecule has 138 valence electrons. The van der Waals surface area contributed by atoms with E-state index in [0.717, 1.165) is 0 Å². The van der Waals surface area contributed by atoms with Gasteiger partial charge in [0.1, 0.15) is 11.3 Å². The Labute approximate surface area is 145 Å². The zero-order valence-electron chi connectivity index (χ0n) is 14.0. The second-order valence-corrected chi connectivity index (χ2v) is 7.00. The molecule has 0 radical (unpaired) electrons. The van der Waals surface area contributed by atoms with Crippen molar-refractivity contribution in [1.29, 1.82) is 0 Å². The van der Waals surface area contributed by atoms with Crippen LogP contribution in [0.25, 0.3) is 0 Å². The van der Waals surface area contributed by atoms with Gasteiger partial charge in [0.2, 0.25) is 0 Å². The first-order chi connectivity index (χ1) is 11.8. The Kier molecular flexibility index (Phi) is 6.55. The van der Waals surface area contributed by atoms with Crippen molar-refractivity contribution in [2.24, 2.45) is 0 Å². The zero-order chi connectivity index (χ0) is 18.4. The summed E-state index contributed by atoms with van der Waals surface area (Å²) in [6.45, 7) is -0.354. The van der Waals surface area contributed by atoms with E-state index in [1.807, 2.05) is 0 Å². The number of phosphoric acid groups is 1. The van der Waals surface area contributed by atoms with E-state index in [2.05, 4.69) is 0 Å². The third-order valence-corrected chi connectivity index (χ3v) is 4.69. The Bertz CT molecular complexity index is 680. The van der Waals surface area contributed by atoms with E-state index < -0.39 is 26.3 Å². The Morgan fingerprint density at radius 1 is 1.28 bits per heavy atom. The van der Waals surface area contributed by atoms with Gasteiger partial charge in [-0.15, -0.1) is 0 Å². The molecule has 0 spiro atoms. The van der Waals surface area contributed by atoms with Crippen molar-refractivity contribution in [2.45, 2.75) is 13.0 Å². The van der Waals surface area contributed by atoms with Crippen LogP contribution in [0.5, 0.6) is 5.75 Å². The van der Waals surface area contributed by atoms with Gasteiger partial charge in [-0.3, -0.25) is 13.8 Å². The minimum atomic E-state index is -3.82. The number of hydrogen-bond donors (Lipinski definition) is 1. The number of likely N-dealkylation sites (N-methyl/N-ethyl adjacent to an activating group) is 1. The van der Waals surface area contributed by atoms with Gasteiger partial charge in [-0.05, 0) is 24.1 Å². The molecular formula is C15H20NO8P. The summed E-state index contributed by atoms with van der Waals surface area (Å²) < 4.78 is 32.7. The van der Waals surface area contributed by atoms with E-state index in [-0.39, 0.29) is 31.1 Å². The maximum absolute atomic E-state index is 12.4. The number of aliphatic hydroxyl groups is 1. The summed E-state index contributed by atoms with van der Waals surface area (Å²) in [4.78, 5) is 25.1. The number of rotatable bonds is 6. The minimum absolute atomic E-state index is 0.0789. The van der Waals surface area contributed by atoms with E-state index in [9.17, 15) is 19.3 Å². The molecule has 1 aromatic carbocycles. The van der Waals surface area contributed by atoms with Gasteiger partial charge in [0.15, 0.2) is 6.61 Å². The van der Waals surface area contributed by atoms with Gasteiger partial charge in [0, 0.05) is 14.1 Å². The molecule has 25 heavy (non-hydrogen) atoms. The van der Waals surface area contributed by atoms with Crippen LogP contribution in [0.15, 0.2) is 18.2 Å². The van der Waals surface area contributed by atoms with E-state index in [1.165, 1.54) is 37.2 Å². The summed E-state index contributed by atoms with van der Waals surface area (Å²) in [6.07, 6.45) is 0.582. The fourth-order valence-corrected chi connectivity index (χ4v) is 3.16. The van der Waals surface area contributed by atoms with Gasteiger partial charge in [-0.2, -0.15) is 0 Å². The van der Waals surface area contributed by atoms with Crippen molar-refractivity contribution < 1.29 is 37.6 Å². The van der Waals surface area contributed by atoms with Crippen LogP contribution in [-0.4, -0.2) is 55.8 Å². The van der Waals surface area contributed by atoms with Crippen molar-refractivity contribution in [3.63, 3.8) is 0 Å². The van der Waals surface area contributed by atoms with Gasteiger partial charge in [0.05, 0.1) is 19.8 Å². The van der Waals surface area contributed by atoms with E-state index >= 15 is 0 Å². The highest BCUT2D eigenvalue weighted by molar-refractivity contribution is 7.49. The van der Waals surface area contributed by atoms with Crippen molar-refractivity contribution in [1.82, 2.24) is 4.90 Å². The van der Waals surface area contributed by atoms with Gasteiger partial charge < -0.3 is 19.3 Å². The number of aliphatic hydroxyl groups excluding tert-OH is 1. The van der Waals surface area contributed by atoms with E-state index in [4.69, 9.17) is 18.3 Å². The fourth-order valence-electron chi connectivity index (χ4n) is 1.87. The smallest absolute Gasteiger partial charge is 0.452 e. The third-order valence-electron chi connectivity index (χ3n) is 3.27. The van der Waals surface area contributed by atoms with Gasteiger partial charge in [-0.1, -0.05) is 6.07 Å². The Morgan fingerprint density at radius 3 is 2.56 bits per heavy atom. The largest absolute Gasteiger partial charge is 0.530 e. The summed E-state index contributed by atoms with van der Waals surface area (Å²) in [5.74, 6) is -1.34. The highest BCUT2D eigenvalue weighted by Crippen LogP contribution is 2.52. The number of benzene rings is 1. The number of hydrogen-bond acceptors (Lipinski definition) is 8. The van der Waals surface area contributed by atoms with Crippen molar-refractivity contribution in [2.75, 3.05) is 33.9 Å². The number of nitrogens with zero attached hydrogens (tertiary/aromatic N) is 1.